The van der Waals surface area contributed by atoms with Crippen molar-refractivity contribution in [1.29, 1.82) is 0 Å². The minimum Gasteiger partial charge on any atom is -0.326 e. The number of rotatable bonds is 4. The molecule has 0 saturated heterocycles. The van der Waals surface area contributed by atoms with E-state index in [1.807, 2.05) is 12.1 Å². The van der Waals surface area contributed by atoms with Crippen molar-refractivity contribution in [2.75, 3.05) is 5.32 Å². The lowest BCUT2D eigenvalue weighted by Gasteiger charge is -2.20. The lowest BCUT2D eigenvalue weighted by molar-refractivity contribution is -0.116. The normalized spacial score (nSPS) is 15.1. The molecule has 0 bridgehead atoms. The van der Waals surface area contributed by atoms with Crippen molar-refractivity contribution in [2.45, 2.75) is 32.4 Å². The van der Waals surface area contributed by atoms with Crippen molar-refractivity contribution in [2.24, 2.45) is 0 Å². The first kappa shape index (κ1) is 15.0. The monoisotopic (exact) mass is 315 g/mol. The molecule has 1 aliphatic rings. The molecule has 2 aromatic rings. The Hall–Kier alpha value is -1.91. The Bertz CT molecular complexity index is 702. The van der Waals surface area contributed by atoms with Crippen LogP contribution in [0.25, 0.3) is 0 Å². The molecule has 3 rings (SSSR count). The fraction of sp³-hybridized carbons (Fsp3) is 0.294. The molecule has 0 fully saturated rings. The van der Waals surface area contributed by atoms with Crippen molar-refractivity contribution < 1.29 is 4.79 Å². The summed E-state index contributed by atoms with van der Waals surface area (Å²) in [6.45, 7) is 2.81. The van der Waals surface area contributed by atoms with Crippen LogP contribution in [0, 0.1) is 0 Å². The molecule has 1 aromatic heterocycles. The molecule has 22 heavy (non-hydrogen) atoms. The number of aromatic nitrogens is 1. The highest BCUT2D eigenvalue weighted by Gasteiger charge is 2.16. The number of nitrogens with zero attached hydrogens (tertiary/aromatic N) is 1. The van der Waals surface area contributed by atoms with Gasteiger partial charge in [0.15, 0.2) is 0 Å². The number of carbonyl (C=O) groups is 1. The maximum absolute atomic E-state index is 11.4. The van der Waals surface area contributed by atoms with Crippen molar-refractivity contribution in [1.82, 2.24) is 10.3 Å². The summed E-state index contributed by atoms with van der Waals surface area (Å²) in [5.74, 6) is 0.0961. The van der Waals surface area contributed by atoms with Gasteiger partial charge in [0.05, 0.1) is 5.02 Å². The van der Waals surface area contributed by atoms with Gasteiger partial charge >= 0.3 is 0 Å². The highest BCUT2D eigenvalue weighted by molar-refractivity contribution is 6.31. The number of hydrogen-bond acceptors (Lipinski definition) is 3. The van der Waals surface area contributed by atoms with Crippen LogP contribution in [0.15, 0.2) is 36.7 Å². The SMILES string of the molecule is C[C@@H](NCc1ccncc1Cl)c1ccc2c(c1)CCC(=O)N2. The number of halogens is 1. The van der Waals surface area contributed by atoms with Crippen LogP contribution >= 0.6 is 11.6 Å². The molecule has 0 unspecified atom stereocenters. The lowest BCUT2D eigenvalue weighted by atomic mass is 9.97. The summed E-state index contributed by atoms with van der Waals surface area (Å²) in [7, 11) is 0. The Morgan fingerprint density at radius 3 is 3.05 bits per heavy atom. The number of benzene rings is 1. The third-order valence-electron chi connectivity index (χ3n) is 3.98. The third-order valence-corrected chi connectivity index (χ3v) is 4.32. The predicted octanol–water partition coefficient (Wildman–Crippen LogP) is 3.47. The molecular weight excluding hydrogens is 298 g/mol. The fourth-order valence-electron chi connectivity index (χ4n) is 2.60. The van der Waals surface area contributed by atoms with E-state index in [0.29, 0.717) is 18.0 Å². The number of fused-ring (bicyclic) bond motifs is 1. The minimum absolute atomic E-state index is 0.0961. The Labute approximate surface area is 134 Å². The van der Waals surface area contributed by atoms with Gasteiger partial charge in [-0.15, -0.1) is 0 Å². The van der Waals surface area contributed by atoms with Gasteiger partial charge in [0, 0.05) is 37.1 Å². The highest BCUT2D eigenvalue weighted by Crippen LogP contribution is 2.26. The summed E-state index contributed by atoms with van der Waals surface area (Å²) in [5.41, 5.74) is 4.38. The molecule has 5 heteroatoms. The summed E-state index contributed by atoms with van der Waals surface area (Å²) < 4.78 is 0. The number of pyridine rings is 1. The van der Waals surface area contributed by atoms with E-state index < -0.39 is 0 Å². The van der Waals surface area contributed by atoms with Gasteiger partial charge in [-0.3, -0.25) is 9.78 Å². The standard InChI is InChI=1S/C17H18ClN3O/c1-11(20-9-14-6-7-19-10-15(14)18)12-2-4-16-13(8-12)3-5-17(22)21-16/h2,4,6-8,10-11,20H,3,5,9H2,1H3,(H,21,22)/t11-/m1/s1. The number of hydrogen-bond donors (Lipinski definition) is 2. The van der Waals surface area contributed by atoms with Crippen LogP contribution in [0.4, 0.5) is 5.69 Å². The number of carbonyl (C=O) groups excluding carboxylic acids is 1. The average Bonchev–Trinajstić information content (AvgIpc) is 2.53. The van der Waals surface area contributed by atoms with E-state index in [4.69, 9.17) is 11.6 Å². The van der Waals surface area contributed by atoms with E-state index in [1.54, 1.807) is 12.4 Å². The second kappa shape index (κ2) is 6.46. The topological polar surface area (TPSA) is 54.0 Å². The molecular formula is C17H18ClN3O. The molecule has 1 atom stereocenters. The van der Waals surface area contributed by atoms with E-state index in [-0.39, 0.29) is 11.9 Å². The Morgan fingerprint density at radius 2 is 2.23 bits per heavy atom. The molecule has 0 spiro atoms. The number of anilines is 1. The summed E-state index contributed by atoms with van der Waals surface area (Å²) >= 11 is 6.12. The molecule has 2 N–H and O–H groups in total. The molecule has 4 nitrogen and oxygen atoms in total. The molecule has 1 aromatic carbocycles. The zero-order valence-electron chi connectivity index (χ0n) is 12.4. The van der Waals surface area contributed by atoms with Gasteiger partial charge in [-0.2, -0.15) is 0 Å². The van der Waals surface area contributed by atoms with E-state index in [1.165, 1.54) is 11.1 Å². The van der Waals surface area contributed by atoms with Gasteiger partial charge < -0.3 is 10.6 Å². The van der Waals surface area contributed by atoms with Crippen LogP contribution in [0.1, 0.15) is 36.1 Å². The quantitative estimate of drug-likeness (QED) is 0.908. The summed E-state index contributed by atoms with van der Waals surface area (Å²) in [4.78, 5) is 15.4. The number of aryl methyl sites for hydroxylation is 1. The molecule has 1 amide bonds. The van der Waals surface area contributed by atoms with Crippen LogP contribution in [-0.4, -0.2) is 10.9 Å². The van der Waals surface area contributed by atoms with Gasteiger partial charge in [-0.05, 0) is 42.2 Å². The summed E-state index contributed by atoms with van der Waals surface area (Å²) in [5, 5.41) is 7.06. The van der Waals surface area contributed by atoms with Crippen LogP contribution in [0.2, 0.25) is 5.02 Å². The zero-order chi connectivity index (χ0) is 15.5. The van der Waals surface area contributed by atoms with Crippen molar-refractivity contribution in [3.63, 3.8) is 0 Å². The van der Waals surface area contributed by atoms with Gasteiger partial charge in [0.25, 0.3) is 0 Å². The summed E-state index contributed by atoms with van der Waals surface area (Å²) in [6, 6.07) is 8.33. The van der Waals surface area contributed by atoms with Crippen LogP contribution in [0.5, 0.6) is 0 Å². The van der Waals surface area contributed by atoms with E-state index in [2.05, 4.69) is 34.7 Å². The number of nitrogens with one attached hydrogen (secondary N) is 2. The second-order valence-electron chi connectivity index (χ2n) is 5.53. The number of amides is 1. The first-order valence-electron chi connectivity index (χ1n) is 7.38. The molecule has 1 aliphatic heterocycles. The van der Waals surface area contributed by atoms with E-state index >= 15 is 0 Å². The lowest BCUT2D eigenvalue weighted by Crippen LogP contribution is -2.21. The molecule has 0 saturated carbocycles. The Balaban J connectivity index is 1.69. The van der Waals surface area contributed by atoms with Crippen LogP contribution in [0.3, 0.4) is 0 Å². The average molecular weight is 316 g/mol. The van der Waals surface area contributed by atoms with Gasteiger partial charge in [-0.25, -0.2) is 0 Å². The molecule has 2 heterocycles. The third kappa shape index (κ3) is 3.29. The van der Waals surface area contributed by atoms with Gasteiger partial charge in [0.1, 0.15) is 0 Å². The van der Waals surface area contributed by atoms with E-state index in [0.717, 1.165) is 17.7 Å². The Morgan fingerprint density at radius 1 is 1.36 bits per heavy atom. The molecule has 0 aliphatic carbocycles. The zero-order valence-corrected chi connectivity index (χ0v) is 13.2. The predicted molar refractivity (Wildman–Crippen MR) is 87.9 cm³/mol. The fourth-order valence-corrected chi connectivity index (χ4v) is 2.79. The second-order valence-corrected chi connectivity index (χ2v) is 5.94. The highest BCUT2D eigenvalue weighted by atomic mass is 35.5. The van der Waals surface area contributed by atoms with Gasteiger partial charge in [0.2, 0.25) is 5.91 Å². The largest absolute Gasteiger partial charge is 0.326 e. The van der Waals surface area contributed by atoms with Crippen LogP contribution < -0.4 is 10.6 Å². The van der Waals surface area contributed by atoms with Crippen molar-refractivity contribution >= 4 is 23.2 Å². The summed E-state index contributed by atoms with van der Waals surface area (Å²) in [6.07, 6.45) is 4.77. The first-order valence-corrected chi connectivity index (χ1v) is 7.76. The maximum Gasteiger partial charge on any atom is 0.224 e. The smallest absolute Gasteiger partial charge is 0.224 e. The maximum atomic E-state index is 11.4. The Kier molecular flexibility index (Phi) is 4.41. The van der Waals surface area contributed by atoms with Crippen molar-refractivity contribution in [3.8, 4) is 0 Å². The van der Waals surface area contributed by atoms with E-state index in [9.17, 15) is 4.79 Å². The molecule has 114 valence electrons. The minimum atomic E-state index is 0.0961. The molecule has 0 radical (unpaired) electrons. The van der Waals surface area contributed by atoms with Gasteiger partial charge in [-0.1, -0.05) is 23.7 Å². The van der Waals surface area contributed by atoms with Crippen LogP contribution in [-0.2, 0) is 17.8 Å². The first-order chi connectivity index (χ1) is 10.6. The van der Waals surface area contributed by atoms with Crippen molar-refractivity contribution in [3.05, 3.63) is 58.4 Å².